The molecule has 8 heteroatoms. The van der Waals surface area contributed by atoms with Crippen molar-refractivity contribution in [1.29, 1.82) is 0 Å². The van der Waals surface area contributed by atoms with Crippen LogP contribution in [0, 0.1) is 0 Å². The maximum Gasteiger partial charge on any atom is 0.261 e. The summed E-state index contributed by atoms with van der Waals surface area (Å²) in [6.07, 6.45) is 0.757. The molecule has 8 nitrogen and oxygen atoms in total. The SMILES string of the molecule is NC(CC(=O)Cc1cccc(Oc2ccccc2)c1)=N[C@H](Cc1ccccc1)C(=O)CCCN1C(=O)c2ccccc2C1=O. The lowest BCUT2D eigenvalue weighted by molar-refractivity contribution is -0.120. The summed E-state index contributed by atoms with van der Waals surface area (Å²) in [5.74, 6) is 0.393. The zero-order valence-electron chi connectivity index (χ0n) is 24.2. The highest BCUT2D eigenvalue weighted by Gasteiger charge is 2.34. The van der Waals surface area contributed by atoms with Crippen molar-refractivity contribution in [2.24, 2.45) is 10.7 Å². The van der Waals surface area contributed by atoms with Crippen LogP contribution in [-0.2, 0) is 22.4 Å². The Morgan fingerprint density at radius 1 is 0.750 bits per heavy atom. The predicted octanol–water partition coefficient (Wildman–Crippen LogP) is 5.59. The number of nitrogens with two attached hydrogens (primary N) is 1. The average Bonchev–Trinajstić information content (AvgIpc) is 3.26. The molecule has 1 aliphatic rings. The molecule has 1 atom stereocenters. The first-order valence-electron chi connectivity index (χ1n) is 14.5. The normalized spacial score (nSPS) is 13.5. The summed E-state index contributed by atoms with van der Waals surface area (Å²) >= 11 is 0. The predicted molar refractivity (Wildman–Crippen MR) is 168 cm³/mol. The third-order valence-electron chi connectivity index (χ3n) is 7.31. The third kappa shape index (κ3) is 7.72. The van der Waals surface area contributed by atoms with Crippen molar-refractivity contribution < 1.29 is 23.9 Å². The van der Waals surface area contributed by atoms with E-state index in [9.17, 15) is 19.2 Å². The van der Waals surface area contributed by atoms with Crippen molar-refractivity contribution in [3.05, 3.63) is 131 Å². The van der Waals surface area contributed by atoms with Gasteiger partial charge in [0.15, 0.2) is 5.78 Å². The van der Waals surface area contributed by atoms with E-state index in [1.807, 2.05) is 84.9 Å². The number of carbonyl (C=O) groups is 4. The van der Waals surface area contributed by atoms with Crippen LogP contribution in [0.15, 0.2) is 114 Å². The van der Waals surface area contributed by atoms with Crippen molar-refractivity contribution in [2.75, 3.05) is 6.54 Å². The summed E-state index contributed by atoms with van der Waals surface area (Å²) in [4.78, 5) is 57.3. The second kappa shape index (κ2) is 14.2. The zero-order valence-corrected chi connectivity index (χ0v) is 24.2. The summed E-state index contributed by atoms with van der Waals surface area (Å²) in [7, 11) is 0. The van der Waals surface area contributed by atoms with Gasteiger partial charge in [0, 0.05) is 25.8 Å². The van der Waals surface area contributed by atoms with Gasteiger partial charge in [0.1, 0.15) is 29.2 Å². The lowest BCUT2D eigenvalue weighted by atomic mass is 9.99. The zero-order chi connectivity index (χ0) is 30.9. The maximum atomic E-state index is 13.4. The summed E-state index contributed by atoms with van der Waals surface area (Å²) in [6.45, 7) is 0.126. The molecular formula is C36H33N3O5. The van der Waals surface area contributed by atoms with E-state index >= 15 is 0 Å². The molecule has 44 heavy (non-hydrogen) atoms. The largest absolute Gasteiger partial charge is 0.457 e. The van der Waals surface area contributed by atoms with Gasteiger partial charge in [-0.1, -0.05) is 72.8 Å². The molecule has 0 saturated heterocycles. The molecular weight excluding hydrogens is 554 g/mol. The van der Waals surface area contributed by atoms with Crippen molar-refractivity contribution >= 4 is 29.2 Å². The number of imide groups is 1. The minimum atomic E-state index is -0.796. The molecule has 0 unspecified atom stereocenters. The minimum Gasteiger partial charge on any atom is -0.457 e. The van der Waals surface area contributed by atoms with E-state index < -0.39 is 6.04 Å². The quantitative estimate of drug-likeness (QED) is 0.117. The fraction of sp³-hybridized carbons (Fsp3) is 0.194. The Hall–Kier alpha value is -5.37. The van der Waals surface area contributed by atoms with Crippen LogP contribution in [0.4, 0.5) is 0 Å². The Balaban J connectivity index is 1.20. The highest BCUT2D eigenvalue weighted by atomic mass is 16.5. The molecule has 5 rings (SSSR count). The van der Waals surface area contributed by atoms with Gasteiger partial charge in [-0.25, -0.2) is 0 Å². The number of para-hydroxylation sites is 1. The number of nitrogens with zero attached hydrogens (tertiary/aromatic N) is 2. The van der Waals surface area contributed by atoms with Crippen LogP contribution in [0.3, 0.4) is 0 Å². The summed E-state index contributed by atoms with van der Waals surface area (Å²) in [6, 6.07) is 32.0. The number of hydrogen-bond donors (Lipinski definition) is 1. The molecule has 0 aromatic heterocycles. The number of benzene rings is 4. The Morgan fingerprint density at radius 2 is 1.34 bits per heavy atom. The molecule has 4 aromatic rings. The summed E-state index contributed by atoms with van der Waals surface area (Å²) in [5.41, 5.74) is 8.66. The second-order valence-electron chi connectivity index (χ2n) is 10.7. The Morgan fingerprint density at radius 3 is 2.02 bits per heavy atom. The number of ketones is 2. The van der Waals surface area contributed by atoms with Gasteiger partial charge >= 0.3 is 0 Å². The van der Waals surface area contributed by atoms with Crippen LogP contribution in [0.25, 0.3) is 0 Å². The topological polar surface area (TPSA) is 119 Å². The highest BCUT2D eigenvalue weighted by molar-refractivity contribution is 6.21. The summed E-state index contributed by atoms with van der Waals surface area (Å²) < 4.78 is 5.87. The van der Waals surface area contributed by atoms with Crippen molar-refractivity contribution in [2.45, 2.75) is 38.1 Å². The van der Waals surface area contributed by atoms with Gasteiger partial charge in [0.25, 0.3) is 11.8 Å². The molecule has 2 N–H and O–H groups in total. The molecule has 222 valence electrons. The van der Waals surface area contributed by atoms with E-state index in [0.29, 0.717) is 35.5 Å². The van der Waals surface area contributed by atoms with Crippen molar-refractivity contribution in [3.63, 3.8) is 0 Å². The van der Waals surface area contributed by atoms with E-state index in [-0.39, 0.29) is 55.0 Å². The van der Waals surface area contributed by atoms with Gasteiger partial charge in [-0.3, -0.25) is 29.1 Å². The van der Waals surface area contributed by atoms with Gasteiger partial charge in [0.2, 0.25) is 0 Å². The monoisotopic (exact) mass is 587 g/mol. The minimum absolute atomic E-state index is 0.0846. The van der Waals surface area contributed by atoms with E-state index in [1.54, 1.807) is 24.3 Å². The number of rotatable bonds is 14. The Labute approximate surface area is 256 Å². The number of amidine groups is 1. The number of amides is 2. The number of hydrogen-bond acceptors (Lipinski definition) is 6. The Bertz CT molecular complexity index is 1650. The molecule has 0 radical (unpaired) electrons. The number of ether oxygens (including phenoxy) is 1. The van der Waals surface area contributed by atoms with Crippen LogP contribution in [0.1, 0.15) is 51.1 Å². The van der Waals surface area contributed by atoms with Gasteiger partial charge in [0.05, 0.1) is 17.5 Å². The fourth-order valence-corrected chi connectivity index (χ4v) is 5.17. The first kappa shape index (κ1) is 30.1. The van der Waals surface area contributed by atoms with Crippen LogP contribution in [0.5, 0.6) is 11.5 Å². The molecule has 2 amide bonds. The lowest BCUT2D eigenvalue weighted by Crippen LogP contribution is -2.32. The molecule has 0 aliphatic carbocycles. The smallest absolute Gasteiger partial charge is 0.261 e. The second-order valence-corrected chi connectivity index (χ2v) is 10.7. The average molecular weight is 588 g/mol. The number of carbonyl (C=O) groups excluding carboxylic acids is 4. The third-order valence-corrected chi connectivity index (χ3v) is 7.31. The molecule has 4 aromatic carbocycles. The van der Waals surface area contributed by atoms with E-state index in [2.05, 4.69) is 4.99 Å². The fourth-order valence-electron chi connectivity index (χ4n) is 5.17. The molecule has 1 aliphatic heterocycles. The lowest BCUT2D eigenvalue weighted by Gasteiger charge is -2.16. The van der Waals surface area contributed by atoms with E-state index in [0.717, 1.165) is 11.1 Å². The highest BCUT2D eigenvalue weighted by Crippen LogP contribution is 2.24. The van der Waals surface area contributed by atoms with Crippen LogP contribution in [-0.4, -0.2) is 46.7 Å². The van der Waals surface area contributed by atoms with Crippen molar-refractivity contribution in [1.82, 2.24) is 4.90 Å². The molecule has 0 bridgehead atoms. The van der Waals surface area contributed by atoms with Gasteiger partial charge in [-0.2, -0.15) is 0 Å². The first-order chi connectivity index (χ1) is 21.4. The number of aliphatic imine (C=N–C) groups is 1. The molecule has 1 heterocycles. The van der Waals surface area contributed by atoms with Crippen LogP contribution >= 0.6 is 0 Å². The van der Waals surface area contributed by atoms with Gasteiger partial charge in [-0.05, 0) is 53.9 Å². The number of Topliss-reactive ketones (excluding diaryl/α,β-unsaturated/α-hetero) is 2. The molecule has 0 fully saturated rings. The molecule has 0 spiro atoms. The first-order valence-corrected chi connectivity index (χ1v) is 14.5. The Kier molecular flexibility index (Phi) is 9.71. The molecule has 0 saturated carbocycles. The van der Waals surface area contributed by atoms with Crippen molar-refractivity contribution in [3.8, 4) is 11.5 Å². The van der Waals surface area contributed by atoms with Gasteiger partial charge < -0.3 is 10.5 Å². The summed E-state index contributed by atoms with van der Waals surface area (Å²) in [5, 5.41) is 0. The van der Waals surface area contributed by atoms with Gasteiger partial charge in [-0.15, -0.1) is 0 Å². The van der Waals surface area contributed by atoms with Crippen LogP contribution in [0.2, 0.25) is 0 Å². The van der Waals surface area contributed by atoms with E-state index in [4.69, 9.17) is 10.5 Å². The standard InChI is InChI=1S/C36H33N3O5/c37-34(24-27(40)21-26-13-9-16-29(22-26)44-28-14-5-2-6-15-28)38-32(23-25-11-3-1-4-12-25)33(41)19-10-20-39-35(42)30-17-7-8-18-31(30)36(39)43/h1-9,11-18,22,32H,10,19-21,23-24H2,(H2,37,38)/t32-/m1/s1. The maximum absolute atomic E-state index is 13.4. The van der Waals surface area contributed by atoms with Crippen LogP contribution < -0.4 is 10.5 Å². The number of fused-ring (bicyclic) bond motifs is 1. The van der Waals surface area contributed by atoms with E-state index in [1.165, 1.54) is 4.90 Å².